The van der Waals surface area contributed by atoms with Gasteiger partial charge in [0.25, 0.3) is 0 Å². The van der Waals surface area contributed by atoms with E-state index < -0.39 is 0 Å². The van der Waals surface area contributed by atoms with E-state index in [0.29, 0.717) is 12.0 Å². The summed E-state index contributed by atoms with van der Waals surface area (Å²) < 4.78 is 12.7. The lowest BCUT2D eigenvalue weighted by atomic mass is 9.69. The Hall–Kier alpha value is -0.120. The molecule has 1 N–H and O–H groups in total. The van der Waals surface area contributed by atoms with E-state index in [1.807, 2.05) is 0 Å². The van der Waals surface area contributed by atoms with Crippen molar-refractivity contribution >= 4 is 0 Å². The second-order valence-electron chi connectivity index (χ2n) is 8.10. The Balaban J connectivity index is 2.28. The van der Waals surface area contributed by atoms with Crippen LogP contribution in [0.5, 0.6) is 0 Å². The fraction of sp³-hybridized carbons (Fsp3) is 1.00. The van der Waals surface area contributed by atoms with E-state index in [0.717, 1.165) is 13.0 Å². The van der Waals surface area contributed by atoms with E-state index in [9.17, 15) is 0 Å². The van der Waals surface area contributed by atoms with Gasteiger partial charge in [-0.2, -0.15) is 0 Å². The Morgan fingerprint density at radius 2 is 1.76 bits per heavy atom. The van der Waals surface area contributed by atoms with E-state index in [2.05, 4.69) is 47.0 Å². The second kappa shape index (κ2) is 6.17. The number of nitrogens with one attached hydrogen (secondary N) is 1. The molecule has 124 valence electrons. The lowest BCUT2D eigenvalue weighted by molar-refractivity contribution is -0.124. The Morgan fingerprint density at radius 1 is 1.14 bits per heavy atom. The largest absolute Gasteiger partial charge is 0.374 e. The van der Waals surface area contributed by atoms with Gasteiger partial charge in [0, 0.05) is 18.6 Å². The molecule has 3 nitrogen and oxygen atoms in total. The molecule has 1 aliphatic carbocycles. The Labute approximate surface area is 131 Å². The topological polar surface area (TPSA) is 30.5 Å². The lowest BCUT2D eigenvalue weighted by Crippen LogP contribution is -2.59. The third-order valence-corrected chi connectivity index (χ3v) is 5.56. The van der Waals surface area contributed by atoms with E-state index in [1.165, 1.54) is 32.1 Å². The highest BCUT2D eigenvalue weighted by atomic mass is 16.5. The first kappa shape index (κ1) is 17.2. The summed E-state index contributed by atoms with van der Waals surface area (Å²) in [6.45, 7) is 11.9. The predicted molar refractivity (Wildman–Crippen MR) is 87.6 cm³/mol. The van der Waals surface area contributed by atoms with Crippen LogP contribution < -0.4 is 5.32 Å². The molecule has 1 heterocycles. The summed E-state index contributed by atoms with van der Waals surface area (Å²) in [5.74, 6) is 0.488. The highest BCUT2D eigenvalue weighted by Gasteiger charge is 2.54. The molecule has 0 amide bonds. The summed E-state index contributed by atoms with van der Waals surface area (Å²) in [5, 5.41) is 3.63. The van der Waals surface area contributed by atoms with Gasteiger partial charge < -0.3 is 14.8 Å². The number of rotatable bonds is 5. The zero-order valence-corrected chi connectivity index (χ0v) is 14.9. The molecule has 1 saturated heterocycles. The molecule has 0 radical (unpaired) electrons. The van der Waals surface area contributed by atoms with Gasteiger partial charge in [-0.25, -0.2) is 0 Å². The molecule has 0 spiro atoms. The van der Waals surface area contributed by atoms with Crippen LogP contribution in [-0.4, -0.2) is 36.5 Å². The normalized spacial score (nSPS) is 32.0. The van der Waals surface area contributed by atoms with Crippen molar-refractivity contribution < 1.29 is 9.47 Å². The van der Waals surface area contributed by atoms with Gasteiger partial charge >= 0.3 is 0 Å². The van der Waals surface area contributed by atoms with Crippen LogP contribution in [0.1, 0.15) is 73.1 Å². The van der Waals surface area contributed by atoms with E-state index in [1.54, 1.807) is 0 Å². The first-order chi connectivity index (χ1) is 9.76. The summed E-state index contributed by atoms with van der Waals surface area (Å²) >= 11 is 0. The maximum atomic E-state index is 6.38. The summed E-state index contributed by atoms with van der Waals surface area (Å²) in [6.07, 6.45) is 7.38. The molecule has 0 bridgehead atoms. The van der Waals surface area contributed by atoms with Crippen LogP contribution in [0.25, 0.3) is 0 Å². The molecule has 3 heteroatoms. The summed E-state index contributed by atoms with van der Waals surface area (Å²) in [4.78, 5) is 0. The number of likely N-dealkylation sites (N-methyl/N-ethyl adjacent to an activating group) is 1. The summed E-state index contributed by atoms with van der Waals surface area (Å²) in [6, 6.07) is 0.370. The van der Waals surface area contributed by atoms with Crippen LogP contribution in [0.2, 0.25) is 0 Å². The molecule has 0 aromatic carbocycles. The maximum Gasteiger partial charge on any atom is 0.0838 e. The monoisotopic (exact) mass is 297 g/mol. The predicted octanol–water partition coefficient (Wildman–Crippen LogP) is 3.91. The van der Waals surface area contributed by atoms with Crippen molar-refractivity contribution in [3.05, 3.63) is 0 Å². The quantitative estimate of drug-likeness (QED) is 0.834. The van der Waals surface area contributed by atoms with Crippen molar-refractivity contribution in [1.29, 1.82) is 0 Å². The Bertz CT molecular complexity index is 340. The van der Waals surface area contributed by atoms with Crippen LogP contribution in [0.3, 0.4) is 0 Å². The average molecular weight is 297 g/mol. The SMILES string of the molecule is CCOC1(C(NC)C2CC(C)(C)OC2(C)C)CCCCC1. The van der Waals surface area contributed by atoms with Gasteiger partial charge in [0.05, 0.1) is 16.8 Å². The minimum absolute atomic E-state index is 0.00648. The molecular formula is C18H35NO2. The van der Waals surface area contributed by atoms with Crippen molar-refractivity contribution in [3.63, 3.8) is 0 Å². The van der Waals surface area contributed by atoms with Gasteiger partial charge in [0.2, 0.25) is 0 Å². The van der Waals surface area contributed by atoms with E-state index in [-0.39, 0.29) is 16.8 Å². The van der Waals surface area contributed by atoms with Crippen molar-refractivity contribution in [2.75, 3.05) is 13.7 Å². The third-order valence-electron chi connectivity index (χ3n) is 5.56. The standard InChI is InChI=1S/C18H35NO2/c1-7-20-18(11-9-8-10-12-18)15(19-6)14-13-16(2,3)21-17(14,4)5/h14-15,19H,7-13H2,1-6H3. The fourth-order valence-corrected chi connectivity index (χ4v) is 4.94. The van der Waals surface area contributed by atoms with Gasteiger partial charge in [-0.3, -0.25) is 0 Å². The number of ether oxygens (including phenoxy) is 2. The highest BCUT2D eigenvalue weighted by Crippen LogP contribution is 2.48. The molecule has 2 atom stereocenters. The second-order valence-corrected chi connectivity index (χ2v) is 8.10. The highest BCUT2D eigenvalue weighted by molar-refractivity contribution is 5.07. The van der Waals surface area contributed by atoms with Gasteiger partial charge in [0.1, 0.15) is 0 Å². The van der Waals surface area contributed by atoms with Crippen molar-refractivity contribution in [2.45, 2.75) is 96.0 Å². The maximum absolute atomic E-state index is 6.38. The molecule has 1 aliphatic heterocycles. The third kappa shape index (κ3) is 3.46. The zero-order valence-electron chi connectivity index (χ0n) is 14.9. The van der Waals surface area contributed by atoms with Crippen LogP contribution in [0, 0.1) is 5.92 Å². The molecule has 0 aromatic rings. The molecule has 2 unspecified atom stereocenters. The number of hydrogen-bond acceptors (Lipinski definition) is 3. The average Bonchev–Trinajstić information content (AvgIpc) is 2.60. The molecule has 21 heavy (non-hydrogen) atoms. The zero-order chi connectivity index (χ0) is 15.7. The van der Waals surface area contributed by atoms with Gasteiger partial charge in [-0.05, 0) is 60.9 Å². The van der Waals surface area contributed by atoms with Crippen molar-refractivity contribution in [3.8, 4) is 0 Å². The molecule has 2 rings (SSSR count). The minimum atomic E-state index is -0.0985. The van der Waals surface area contributed by atoms with Gasteiger partial charge in [0.15, 0.2) is 0 Å². The van der Waals surface area contributed by atoms with Crippen LogP contribution in [0.4, 0.5) is 0 Å². The summed E-state index contributed by atoms with van der Waals surface area (Å²) in [7, 11) is 2.10. The molecule has 2 aliphatic rings. The molecule has 2 fully saturated rings. The minimum Gasteiger partial charge on any atom is -0.374 e. The number of hydrogen-bond donors (Lipinski definition) is 1. The summed E-state index contributed by atoms with van der Waals surface area (Å²) in [5.41, 5.74) is -0.141. The fourth-order valence-electron chi connectivity index (χ4n) is 4.94. The van der Waals surface area contributed by atoms with Crippen molar-refractivity contribution in [1.82, 2.24) is 5.32 Å². The lowest BCUT2D eigenvalue weighted by Gasteiger charge is -2.48. The van der Waals surface area contributed by atoms with Crippen molar-refractivity contribution in [2.24, 2.45) is 5.92 Å². The van der Waals surface area contributed by atoms with E-state index >= 15 is 0 Å². The van der Waals surface area contributed by atoms with Crippen LogP contribution in [0.15, 0.2) is 0 Å². The van der Waals surface area contributed by atoms with E-state index in [4.69, 9.17) is 9.47 Å². The molecule has 0 aromatic heterocycles. The first-order valence-corrected chi connectivity index (χ1v) is 8.78. The Morgan fingerprint density at radius 3 is 2.19 bits per heavy atom. The van der Waals surface area contributed by atoms with Gasteiger partial charge in [-0.1, -0.05) is 19.3 Å². The Kier molecular flexibility index (Phi) is 5.07. The van der Waals surface area contributed by atoms with Gasteiger partial charge in [-0.15, -0.1) is 0 Å². The first-order valence-electron chi connectivity index (χ1n) is 8.78. The van der Waals surface area contributed by atoms with Crippen LogP contribution in [-0.2, 0) is 9.47 Å². The smallest absolute Gasteiger partial charge is 0.0838 e. The molecule has 1 saturated carbocycles. The van der Waals surface area contributed by atoms with Crippen LogP contribution >= 0.6 is 0 Å². The molecular weight excluding hydrogens is 262 g/mol.